The summed E-state index contributed by atoms with van der Waals surface area (Å²) in [4.78, 5) is 28.1. The number of benzene rings is 1. The number of carbonyl (C=O) groups excluding carboxylic acids is 2. The Kier molecular flexibility index (Phi) is 8.22. The lowest BCUT2D eigenvalue weighted by Crippen LogP contribution is -2.24. The van der Waals surface area contributed by atoms with Crippen molar-refractivity contribution >= 4 is 28.3 Å². The molecule has 0 atom stereocenters. The molecule has 8 heteroatoms. The summed E-state index contributed by atoms with van der Waals surface area (Å²) in [5.41, 5.74) is 1.58. The summed E-state index contributed by atoms with van der Waals surface area (Å²) in [6.45, 7) is 5.03. The number of hydrogen-bond acceptors (Lipinski definition) is 6. The average Bonchev–Trinajstić information content (AvgIpc) is 3.07. The zero-order valence-electron chi connectivity index (χ0n) is 15.8. The number of carbonyl (C=O) groups is 2. The summed E-state index contributed by atoms with van der Waals surface area (Å²) in [5, 5.41) is 7.89. The van der Waals surface area contributed by atoms with Crippen LogP contribution < -0.4 is 15.4 Å². The first-order chi connectivity index (χ1) is 13.0. The van der Waals surface area contributed by atoms with Gasteiger partial charge in [-0.25, -0.2) is 4.98 Å². The summed E-state index contributed by atoms with van der Waals surface area (Å²) in [6, 6.07) is 7.56. The van der Waals surface area contributed by atoms with Crippen molar-refractivity contribution in [2.75, 3.05) is 25.6 Å². The van der Waals surface area contributed by atoms with Crippen LogP contribution in [0.1, 0.15) is 25.1 Å². The molecule has 2 aromatic rings. The van der Waals surface area contributed by atoms with Crippen molar-refractivity contribution in [1.29, 1.82) is 0 Å². The molecule has 0 bridgehead atoms. The van der Waals surface area contributed by atoms with E-state index < -0.39 is 0 Å². The largest absolute Gasteiger partial charge is 0.491 e. The molecule has 2 amide bonds. The predicted molar refractivity (Wildman–Crippen MR) is 105 cm³/mol. The number of anilines is 1. The number of amides is 2. The maximum Gasteiger partial charge on any atom is 0.228 e. The minimum Gasteiger partial charge on any atom is -0.491 e. The van der Waals surface area contributed by atoms with Gasteiger partial charge in [0.05, 0.1) is 18.7 Å². The highest BCUT2D eigenvalue weighted by atomic mass is 32.1. The van der Waals surface area contributed by atoms with Crippen LogP contribution in [0.25, 0.3) is 0 Å². The van der Waals surface area contributed by atoms with E-state index in [0.717, 1.165) is 11.3 Å². The number of ether oxygens (including phenoxy) is 2. The van der Waals surface area contributed by atoms with E-state index >= 15 is 0 Å². The predicted octanol–water partition coefficient (Wildman–Crippen LogP) is 2.62. The van der Waals surface area contributed by atoms with Gasteiger partial charge in [-0.15, -0.1) is 11.3 Å². The highest BCUT2D eigenvalue weighted by Crippen LogP contribution is 2.17. The fourth-order valence-electron chi connectivity index (χ4n) is 2.11. The van der Waals surface area contributed by atoms with Gasteiger partial charge in [-0.2, -0.15) is 0 Å². The van der Waals surface area contributed by atoms with E-state index in [4.69, 9.17) is 9.47 Å². The zero-order chi connectivity index (χ0) is 19.6. The molecule has 0 radical (unpaired) electrons. The smallest absolute Gasteiger partial charge is 0.228 e. The third-order valence-corrected chi connectivity index (χ3v) is 4.40. The van der Waals surface area contributed by atoms with Gasteiger partial charge in [-0.3, -0.25) is 9.59 Å². The minimum atomic E-state index is -0.132. The maximum atomic E-state index is 12.1. The quantitative estimate of drug-likeness (QED) is 0.608. The van der Waals surface area contributed by atoms with Crippen molar-refractivity contribution in [3.05, 3.63) is 40.9 Å². The van der Waals surface area contributed by atoms with E-state index in [1.807, 2.05) is 38.1 Å². The van der Waals surface area contributed by atoms with Gasteiger partial charge in [0, 0.05) is 25.0 Å². The van der Waals surface area contributed by atoms with Crippen LogP contribution in [0.5, 0.6) is 5.75 Å². The Bertz CT molecular complexity index is 761. The second-order valence-corrected chi connectivity index (χ2v) is 7.09. The molecule has 0 aliphatic carbocycles. The van der Waals surface area contributed by atoms with Gasteiger partial charge in [0.25, 0.3) is 0 Å². The normalized spacial score (nSPS) is 10.7. The number of thiazole rings is 1. The molecule has 7 nitrogen and oxygen atoms in total. The Hall–Kier alpha value is -2.45. The zero-order valence-corrected chi connectivity index (χ0v) is 16.6. The minimum absolute atomic E-state index is 0.0899. The summed E-state index contributed by atoms with van der Waals surface area (Å²) in [6.07, 6.45) is 0.165. The molecule has 0 aliphatic heterocycles. The van der Waals surface area contributed by atoms with Gasteiger partial charge in [0.15, 0.2) is 5.13 Å². The van der Waals surface area contributed by atoms with Crippen LogP contribution in [0.4, 0.5) is 5.13 Å². The van der Waals surface area contributed by atoms with Crippen LogP contribution in [-0.2, 0) is 27.3 Å². The van der Waals surface area contributed by atoms with Crippen molar-refractivity contribution in [3.63, 3.8) is 0 Å². The van der Waals surface area contributed by atoms with Crippen molar-refractivity contribution in [2.45, 2.75) is 26.8 Å². The van der Waals surface area contributed by atoms with Gasteiger partial charge in [-0.1, -0.05) is 26.0 Å². The molecule has 0 fully saturated rings. The molecule has 2 N–H and O–H groups in total. The van der Waals surface area contributed by atoms with Crippen LogP contribution in [-0.4, -0.2) is 37.1 Å². The van der Waals surface area contributed by atoms with Crippen LogP contribution in [0.3, 0.4) is 0 Å². The monoisotopic (exact) mass is 391 g/mol. The molecular weight excluding hydrogens is 366 g/mol. The molecule has 0 saturated heterocycles. The molecule has 0 unspecified atom stereocenters. The van der Waals surface area contributed by atoms with Crippen LogP contribution >= 0.6 is 11.3 Å². The Morgan fingerprint density at radius 3 is 2.81 bits per heavy atom. The number of nitrogens with zero attached hydrogens (tertiary/aromatic N) is 1. The Balaban J connectivity index is 1.80. The lowest BCUT2D eigenvalue weighted by molar-refractivity contribution is -0.120. The van der Waals surface area contributed by atoms with Crippen LogP contribution in [0, 0.1) is 5.92 Å². The van der Waals surface area contributed by atoms with E-state index in [-0.39, 0.29) is 24.2 Å². The van der Waals surface area contributed by atoms with Crippen LogP contribution in [0.2, 0.25) is 0 Å². The fourth-order valence-corrected chi connectivity index (χ4v) is 2.82. The molecule has 1 aromatic carbocycles. The fraction of sp³-hybridized carbons (Fsp3) is 0.421. The van der Waals surface area contributed by atoms with E-state index in [1.165, 1.54) is 11.3 Å². The SMILES string of the molecule is COCCOc1cccc(CNC(=O)Cc2csc(NC(=O)C(C)C)n2)c1. The lowest BCUT2D eigenvalue weighted by Gasteiger charge is -2.08. The Morgan fingerprint density at radius 1 is 1.26 bits per heavy atom. The molecule has 2 rings (SSSR count). The standard InChI is InChI=1S/C19H25N3O4S/c1-13(2)18(24)22-19-21-15(12-27-19)10-17(23)20-11-14-5-4-6-16(9-14)26-8-7-25-3/h4-6,9,12-13H,7-8,10-11H2,1-3H3,(H,20,23)(H,21,22,24). The van der Waals surface area contributed by atoms with Gasteiger partial charge in [-0.05, 0) is 17.7 Å². The third kappa shape index (κ3) is 7.36. The number of rotatable bonds is 10. The van der Waals surface area contributed by atoms with E-state index in [0.29, 0.717) is 30.6 Å². The first kappa shape index (κ1) is 20.9. The first-order valence-corrected chi connectivity index (χ1v) is 9.58. The lowest BCUT2D eigenvalue weighted by atomic mass is 10.2. The van der Waals surface area contributed by atoms with E-state index in [1.54, 1.807) is 12.5 Å². The Morgan fingerprint density at radius 2 is 2.07 bits per heavy atom. The topological polar surface area (TPSA) is 89.5 Å². The molecule has 1 aromatic heterocycles. The maximum absolute atomic E-state index is 12.1. The summed E-state index contributed by atoms with van der Waals surface area (Å²) < 4.78 is 10.5. The summed E-state index contributed by atoms with van der Waals surface area (Å²) >= 11 is 1.31. The number of nitrogens with one attached hydrogen (secondary N) is 2. The average molecular weight is 391 g/mol. The number of aromatic nitrogens is 1. The van der Waals surface area contributed by atoms with Crippen molar-refractivity contribution in [1.82, 2.24) is 10.3 Å². The summed E-state index contributed by atoms with van der Waals surface area (Å²) in [5.74, 6) is 0.402. The van der Waals surface area contributed by atoms with Gasteiger partial charge >= 0.3 is 0 Å². The number of hydrogen-bond donors (Lipinski definition) is 2. The van der Waals surface area contributed by atoms with Crippen molar-refractivity contribution < 1.29 is 19.1 Å². The molecular formula is C19H25N3O4S. The van der Waals surface area contributed by atoms with Crippen molar-refractivity contribution in [2.24, 2.45) is 5.92 Å². The Labute approximate surface area is 163 Å². The van der Waals surface area contributed by atoms with E-state index in [9.17, 15) is 9.59 Å². The van der Waals surface area contributed by atoms with Gasteiger partial charge in [0.2, 0.25) is 11.8 Å². The van der Waals surface area contributed by atoms with Crippen molar-refractivity contribution in [3.8, 4) is 5.75 Å². The highest BCUT2D eigenvalue weighted by Gasteiger charge is 2.12. The van der Waals surface area contributed by atoms with E-state index in [2.05, 4.69) is 15.6 Å². The molecule has 1 heterocycles. The third-order valence-electron chi connectivity index (χ3n) is 3.59. The number of methoxy groups -OCH3 is 1. The molecule has 0 spiro atoms. The molecule has 146 valence electrons. The molecule has 0 saturated carbocycles. The van der Waals surface area contributed by atoms with Gasteiger partial charge < -0.3 is 20.1 Å². The summed E-state index contributed by atoms with van der Waals surface area (Å²) in [7, 11) is 1.62. The van der Waals surface area contributed by atoms with Crippen LogP contribution in [0.15, 0.2) is 29.6 Å². The highest BCUT2D eigenvalue weighted by molar-refractivity contribution is 7.13. The second kappa shape index (κ2) is 10.6. The molecule has 27 heavy (non-hydrogen) atoms. The second-order valence-electron chi connectivity index (χ2n) is 6.23. The molecule has 0 aliphatic rings. The first-order valence-electron chi connectivity index (χ1n) is 8.70. The van der Waals surface area contributed by atoms with Gasteiger partial charge in [0.1, 0.15) is 12.4 Å².